The maximum atomic E-state index is 14.4. The van der Waals surface area contributed by atoms with E-state index in [4.69, 9.17) is 4.74 Å². The normalized spacial score (nSPS) is 12.9. The van der Waals surface area contributed by atoms with Gasteiger partial charge in [-0.25, -0.2) is 4.79 Å². The van der Waals surface area contributed by atoms with E-state index in [2.05, 4.69) is 17.6 Å². The van der Waals surface area contributed by atoms with Crippen LogP contribution in [0.5, 0.6) is 0 Å². The molecule has 3 amide bonds. The third kappa shape index (κ3) is 11.5. The fourth-order valence-electron chi connectivity index (χ4n) is 5.08. The number of hydrogen-bond acceptors (Lipinski definition) is 4. The third-order valence-corrected chi connectivity index (χ3v) is 7.14. The molecule has 42 heavy (non-hydrogen) atoms. The van der Waals surface area contributed by atoms with Gasteiger partial charge in [0.2, 0.25) is 5.91 Å². The lowest BCUT2D eigenvalue weighted by atomic mass is 9.98. The summed E-state index contributed by atoms with van der Waals surface area (Å²) in [6.45, 7) is 15.9. The zero-order valence-corrected chi connectivity index (χ0v) is 27.1. The van der Waals surface area contributed by atoms with Gasteiger partial charge in [0, 0.05) is 12.2 Å². The molecule has 7 heteroatoms. The Kier molecular flexibility index (Phi) is 14.1. The van der Waals surface area contributed by atoms with Crippen LogP contribution in [-0.4, -0.2) is 41.0 Å². The van der Waals surface area contributed by atoms with Crippen molar-refractivity contribution >= 4 is 23.6 Å². The first-order valence-electron chi connectivity index (χ1n) is 15.6. The molecule has 0 radical (unpaired) electrons. The fourth-order valence-corrected chi connectivity index (χ4v) is 5.08. The van der Waals surface area contributed by atoms with Gasteiger partial charge in [-0.05, 0) is 70.1 Å². The molecule has 0 saturated heterocycles. The SMILES string of the molecule is CCCCCCCCN(C(=O)C(CC(C)C)NC(=O)OC(C)(C)C)C(C(=O)Nc1c(C)cccc1C)c1ccccc1. The van der Waals surface area contributed by atoms with Gasteiger partial charge in [0.05, 0.1) is 0 Å². The zero-order valence-electron chi connectivity index (χ0n) is 27.1. The second kappa shape index (κ2) is 16.9. The first-order chi connectivity index (χ1) is 19.8. The molecule has 0 aromatic heterocycles. The number of carbonyl (C=O) groups excluding carboxylic acids is 3. The topological polar surface area (TPSA) is 87.7 Å². The molecule has 0 bridgehead atoms. The second-order valence-electron chi connectivity index (χ2n) is 12.7. The molecule has 0 saturated carbocycles. The summed E-state index contributed by atoms with van der Waals surface area (Å²) in [5.41, 5.74) is 2.68. The molecule has 2 aromatic carbocycles. The summed E-state index contributed by atoms with van der Waals surface area (Å²) >= 11 is 0. The van der Waals surface area contributed by atoms with E-state index in [1.54, 1.807) is 25.7 Å². The second-order valence-corrected chi connectivity index (χ2v) is 12.7. The zero-order chi connectivity index (χ0) is 31.3. The monoisotopic (exact) mass is 579 g/mol. The number of hydrogen-bond donors (Lipinski definition) is 2. The van der Waals surface area contributed by atoms with Crippen molar-refractivity contribution < 1.29 is 19.1 Å². The lowest BCUT2D eigenvalue weighted by molar-refractivity contribution is -0.141. The van der Waals surface area contributed by atoms with Gasteiger partial charge < -0.3 is 20.3 Å². The minimum Gasteiger partial charge on any atom is -0.444 e. The Morgan fingerprint density at radius 3 is 2.02 bits per heavy atom. The molecule has 2 N–H and O–H groups in total. The predicted octanol–water partition coefficient (Wildman–Crippen LogP) is 8.11. The van der Waals surface area contributed by atoms with Crippen LogP contribution in [0.4, 0.5) is 10.5 Å². The molecule has 0 spiro atoms. The van der Waals surface area contributed by atoms with Gasteiger partial charge in [0.15, 0.2) is 0 Å². The minimum absolute atomic E-state index is 0.128. The molecule has 0 aliphatic carbocycles. The Hall–Kier alpha value is -3.35. The molecular formula is C35H53N3O4. The quantitative estimate of drug-likeness (QED) is 0.209. The van der Waals surface area contributed by atoms with E-state index in [9.17, 15) is 14.4 Å². The van der Waals surface area contributed by atoms with Crippen LogP contribution in [-0.2, 0) is 14.3 Å². The number of ether oxygens (including phenoxy) is 1. The van der Waals surface area contributed by atoms with Gasteiger partial charge in [-0.1, -0.05) is 101 Å². The number of nitrogens with zero attached hydrogens (tertiary/aromatic N) is 1. The number of para-hydroxylation sites is 1. The number of rotatable bonds is 15. The molecule has 0 fully saturated rings. The highest BCUT2D eigenvalue weighted by Gasteiger charge is 2.36. The van der Waals surface area contributed by atoms with E-state index in [1.165, 1.54) is 6.42 Å². The Labute approximate surface area is 253 Å². The van der Waals surface area contributed by atoms with E-state index in [1.807, 2.05) is 76.2 Å². The van der Waals surface area contributed by atoms with Crippen molar-refractivity contribution in [2.24, 2.45) is 5.92 Å². The summed E-state index contributed by atoms with van der Waals surface area (Å²) in [6.07, 6.45) is 6.06. The minimum atomic E-state index is -0.872. The smallest absolute Gasteiger partial charge is 0.408 e. The Balaban J connectivity index is 2.50. The summed E-state index contributed by atoms with van der Waals surface area (Å²) in [6, 6.07) is 13.6. The van der Waals surface area contributed by atoms with Gasteiger partial charge in [-0.2, -0.15) is 0 Å². The van der Waals surface area contributed by atoms with Crippen LogP contribution in [0.2, 0.25) is 0 Å². The molecular weight excluding hydrogens is 526 g/mol. The van der Waals surface area contributed by atoms with Crippen molar-refractivity contribution in [1.82, 2.24) is 10.2 Å². The number of anilines is 1. The number of carbonyl (C=O) groups is 3. The number of alkyl carbamates (subject to hydrolysis) is 1. The number of unbranched alkanes of at least 4 members (excludes halogenated alkanes) is 5. The summed E-state index contributed by atoms with van der Waals surface area (Å²) < 4.78 is 5.51. The average Bonchev–Trinajstić information content (AvgIpc) is 2.90. The standard InChI is InChI=1S/C35H53N3O4/c1-9-10-11-12-13-17-23-38(33(40)29(24-25(2)3)36-34(41)42-35(6,7)8)31(28-21-15-14-16-22-28)32(39)37-30-26(4)19-18-20-27(30)5/h14-16,18-22,25,29,31H,9-13,17,23-24H2,1-8H3,(H,36,41)(H,37,39). The van der Waals surface area contributed by atoms with Gasteiger partial charge >= 0.3 is 6.09 Å². The van der Waals surface area contributed by atoms with Gasteiger partial charge in [0.1, 0.15) is 17.7 Å². The van der Waals surface area contributed by atoms with E-state index in [-0.39, 0.29) is 17.7 Å². The maximum Gasteiger partial charge on any atom is 0.408 e. The van der Waals surface area contributed by atoms with Crippen LogP contribution >= 0.6 is 0 Å². The Morgan fingerprint density at radius 1 is 0.857 bits per heavy atom. The summed E-state index contributed by atoms with van der Waals surface area (Å²) in [7, 11) is 0. The van der Waals surface area contributed by atoms with Gasteiger partial charge in [-0.3, -0.25) is 9.59 Å². The summed E-state index contributed by atoms with van der Waals surface area (Å²) in [4.78, 5) is 43.1. The van der Waals surface area contributed by atoms with Crippen LogP contribution in [0.15, 0.2) is 48.5 Å². The molecule has 0 aliphatic heterocycles. The molecule has 232 valence electrons. The molecule has 2 rings (SSSR count). The first-order valence-corrected chi connectivity index (χ1v) is 15.6. The Bertz CT molecular complexity index is 1120. The van der Waals surface area contributed by atoms with Crippen LogP contribution in [0.25, 0.3) is 0 Å². The first kappa shape index (κ1) is 34.8. The number of aryl methyl sites for hydroxylation is 2. The Morgan fingerprint density at radius 2 is 1.45 bits per heavy atom. The number of amides is 3. The summed E-state index contributed by atoms with van der Waals surface area (Å²) in [5.74, 6) is -0.435. The largest absolute Gasteiger partial charge is 0.444 e. The van der Waals surface area contributed by atoms with E-state index >= 15 is 0 Å². The van der Waals surface area contributed by atoms with Crippen molar-refractivity contribution in [3.63, 3.8) is 0 Å². The highest BCUT2D eigenvalue weighted by molar-refractivity contribution is 5.99. The molecule has 7 nitrogen and oxygen atoms in total. The average molecular weight is 580 g/mol. The number of nitrogens with one attached hydrogen (secondary N) is 2. The van der Waals surface area contributed by atoms with Gasteiger partial charge in [0.25, 0.3) is 5.91 Å². The number of benzene rings is 2. The van der Waals surface area contributed by atoms with Crippen LogP contribution < -0.4 is 10.6 Å². The van der Waals surface area contributed by atoms with E-state index in [0.717, 1.165) is 54.5 Å². The van der Waals surface area contributed by atoms with Crippen LogP contribution in [0.3, 0.4) is 0 Å². The van der Waals surface area contributed by atoms with Crippen molar-refractivity contribution in [3.05, 3.63) is 65.2 Å². The fraction of sp³-hybridized carbons (Fsp3) is 0.571. The maximum absolute atomic E-state index is 14.4. The van der Waals surface area contributed by atoms with E-state index in [0.29, 0.717) is 13.0 Å². The lowest BCUT2D eigenvalue weighted by Crippen LogP contribution is -2.53. The van der Waals surface area contributed by atoms with Crippen molar-refractivity contribution in [2.75, 3.05) is 11.9 Å². The van der Waals surface area contributed by atoms with Crippen LogP contribution in [0, 0.1) is 19.8 Å². The lowest BCUT2D eigenvalue weighted by Gasteiger charge is -2.35. The predicted molar refractivity (Wildman–Crippen MR) is 171 cm³/mol. The van der Waals surface area contributed by atoms with Crippen molar-refractivity contribution in [3.8, 4) is 0 Å². The van der Waals surface area contributed by atoms with Gasteiger partial charge in [-0.15, -0.1) is 0 Å². The summed E-state index contributed by atoms with van der Waals surface area (Å²) in [5, 5.41) is 5.97. The van der Waals surface area contributed by atoms with E-state index < -0.39 is 23.8 Å². The third-order valence-electron chi connectivity index (χ3n) is 7.14. The van der Waals surface area contributed by atoms with Crippen LogP contribution in [0.1, 0.15) is 109 Å². The highest BCUT2D eigenvalue weighted by atomic mass is 16.6. The molecule has 2 unspecified atom stereocenters. The molecule has 2 aromatic rings. The van der Waals surface area contributed by atoms with Crippen molar-refractivity contribution in [2.45, 2.75) is 118 Å². The van der Waals surface area contributed by atoms with Crippen molar-refractivity contribution in [1.29, 1.82) is 0 Å². The molecule has 0 heterocycles. The molecule has 0 aliphatic rings. The highest BCUT2D eigenvalue weighted by Crippen LogP contribution is 2.28. The molecule has 2 atom stereocenters.